The summed E-state index contributed by atoms with van der Waals surface area (Å²) in [5.41, 5.74) is 0. The van der Waals surface area contributed by atoms with Crippen LogP contribution >= 0.6 is 0 Å². The molecule has 2 N–H and O–H groups in total. The zero-order chi connectivity index (χ0) is 10.7. The maximum Gasteiger partial charge on any atom is 0.327 e. The third kappa shape index (κ3) is 3.45. The minimum Gasteiger partial charge on any atom is -0.480 e. The van der Waals surface area contributed by atoms with Crippen LogP contribution in [-0.4, -0.2) is 38.2 Å². The number of rotatable bonds is 5. The lowest BCUT2D eigenvalue weighted by Crippen LogP contribution is -2.43. The summed E-state index contributed by atoms with van der Waals surface area (Å²) >= 11 is 0. The predicted octanol–water partition coefficient (Wildman–Crippen LogP) is -0.513. The molecule has 0 aromatic rings. The lowest BCUT2D eigenvalue weighted by Gasteiger charge is -2.12. The minimum atomic E-state index is -1.13. The zero-order valence-corrected chi connectivity index (χ0v) is 8.67. The van der Waals surface area contributed by atoms with E-state index in [-0.39, 0.29) is 11.0 Å². The number of carboxylic acid groups (broad SMARTS) is 1. The first kappa shape index (κ1) is 11.2. The average Bonchev–Trinajstić information content (AvgIpc) is 2.83. The van der Waals surface area contributed by atoms with E-state index < -0.39 is 28.7 Å². The van der Waals surface area contributed by atoms with Gasteiger partial charge in [-0.05, 0) is 12.8 Å². The molecule has 1 fully saturated rings. The quantitative estimate of drug-likeness (QED) is 0.652. The van der Waals surface area contributed by atoms with Crippen molar-refractivity contribution < 1.29 is 18.9 Å². The second-order valence-corrected chi connectivity index (χ2v) is 5.10. The van der Waals surface area contributed by atoms with Gasteiger partial charge < -0.3 is 10.4 Å². The second-order valence-electron chi connectivity index (χ2n) is 3.34. The summed E-state index contributed by atoms with van der Waals surface area (Å²) < 4.78 is 11.4. The molecule has 6 heteroatoms. The Labute approximate surface area is 84.3 Å². The molecular weight excluding hydrogens is 206 g/mol. The fourth-order valence-electron chi connectivity index (χ4n) is 1.05. The summed E-state index contributed by atoms with van der Waals surface area (Å²) in [6.45, 7) is 1.25. The fourth-order valence-corrected chi connectivity index (χ4v) is 2.54. The lowest BCUT2D eigenvalue weighted by atomic mass is 10.3. The maximum absolute atomic E-state index is 11.4. The Morgan fingerprint density at radius 1 is 1.57 bits per heavy atom. The fraction of sp³-hybridized carbons (Fsp3) is 0.750. The molecule has 0 aliphatic heterocycles. The van der Waals surface area contributed by atoms with E-state index in [1.165, 1.54) is 6.92 Å². The number of carboxylic acids is 1. The monoisotopic (exact) mass is 219 g/mol. The highest BCUT2D eigenvalue weighted by molar-refractivity contribution is 7.86. The third-order valence-electron chi connectivity index (χ3n) is 1.90. The second kappa shape index (κ2) is 4.54. The SMILES string of the molecule is CC(=O)N[C@@H](CS(=O)C1CC1)C(=O)O. The summed E-state index contributed by atoms with van der Waals surface area (Å²) in [7, 11) is -1.12. The minimum absolute atomic E-state index is 0.0135. The molecule has 0 aromatic carbocycles. The maximum atomic E-state index is 11.4. The van der Waals surface area contributed by atoms with Crippen molar-refractivity contribution in [2.45, 2.75) is 31.1 Å². The first-order valence-electron chi connectivity index (χ1n) is 4.37. The summed E-state index contributed by atoms with van der Waals surface area (Å²) in [5, 5.41) is 11.1. The number of aliphatic carboxylic acids is 1. The number of hydrogen-bond acceptors (Lipinski definition) is 3. The number of hydrogen-bond donors (Lipinski definition) is 2. The van der Waals surface area contributed by atoms with Crippen molar-refractivity contribution in [3.05, 3.63) is 0 Å². The topological polar surface area (TPSA) is 83.5 Å². The van der Waals surface area contributed by atoms with E-state index in [0.717, 1.165) is 12.8 Å². The molecule has 1 amide bonds. The number of nitrogens with one attached hydrogen (secondary N) is 1. The van der Waals surface area contributed by atoms with Crippen LogP contribution in [0.1, 0.15) is 19.8 Å². The summed E-state index contributed by atoms with van der Waals surface area (Å²) in [4.78, 5) is 21.3. The molecule has 0 radical (unpaired) electrons. The van der Waals surface area contributed by atoms with Gasteiger partial charge in [0.25, 0.3) is 0 Å². The number of amides is 1. The van der Waals surface area contributed by atoms with E-state index in [0.29, 0.717) is 0 Å². The van der Waals surface area contributed by atoms with Crippen LogP contribution in [0.2, 0.25) is 0 Å². The van der Waals surface area contributed by atoms with Gasteiger partial charge in [-0.15, -0.1) is 0 Å². The van der Waals surface area contributed by atoms with Crippen LogP contribution in [0.5, 0.6) is 0 Å². The van der Waals surface area contributed by atoms with E-state index in [2.05, 4.69) is 5.32 Å². The van der Waals surface area contributed by atoms with Crippen molar-refractivity contribution in [1.29, 1.82) is 0 Å². The third-order valence-corrected chi connectivity index (χ3v) is 3.78. The van der Waals surface area contributed by atoms with Crippen molar-refractivity contribution >= 4 is 22.7 Å². The normalized spacial score (nSPS) is 19.8. The van der Waals surface area contributed by atoms with Crippen LogP contribution in [0.3, 0.4) is 0 Å². The molecule has 0 saturated heterocycles. The molecule has 2 atom stereocenters. The van der Waals surface area contributed by atoms with Crippen LogP contribution in [0.25, 0.3) is 0 Å². The van der Waals surface area contributed by atoms with Crippen molar-refractivity contribution in [3.8, 4) is 0 Å². The van der Waals surface area contributed by atoms with E-state index in [1.54, 1.807) is 0 Å². The molecule has 14 heavy (non-hydrogen) atoms. The van der Waals surface area contributed by atoms with Gasteiger partial charge in [0.15, 0.2) is 0 Å². The van der Waals surface area contributed by atoms with Gasteiger partial charge in [0.1, 0.15) is 6.04 Å². The molecule has 1 rings (SSSR count). The van der Waals surface area contributed by atoms with Gasteiger partial charge in [-0.25, -0.2) is 4.79 Å². The molecule has 1 unspecified atom stereocenters. The predicted molar refractivity (Wildman–Crippen MR) is 51.3 cm³/mol. The van der Waals surface area contributed by atoms with Crippen molar-refractivity contribution in [2.24, 2.45) is 0 Å². The van der Waals surface area contributed by atoms with Gasteiger partial charge in [0.05, 0.1) is 5.75 Å². The van der Waals surface area contributed by atoms with Crippen molar-refractivity contribution in [3.63, 3.8) is 0 Å². The Morgan fingerprint density at radius 3 is 2.50 bits per heavy atom. The first-order valence-corrected chi connectivity index (χ1v) is 5.76. The van der Waals surface area contributed by atoms with Gasteiger partial charge >= 0.3 is 5.97 Å². The first-order chi connectivity index (χ1) is 6.50. The standard InChI is InChI=1S/C8H13NO4S/c1-5(10)9-7(8(11)12)4-14(13)6-2-3-6/h6-7H,2-4H2,1H3,(H,9,10)(H,11,12)/t7-,14?/m0/s1. The Morgan fingerprint density at radius 2 is 2.14 bits per heavy atom. The highest BCUT2D eigenvalue weighted by atomic mass is 32.2. The molecule has 80 valence electrons. The molecular formula is C8H13NO4S. The molecule has 5 nitrogen and oxygen atoms in total. The van der Waals surface area contributed by atoms with Gasteiger partial charge in [0.2, 0.25) is 5.91 Å². The van der Waals surface area contributed by atoms with Gasteiger partial charge in [-0.2, -0.15) is 0 Å². The van der Waals surface area contributed by atoms with Crippen LogP contribution in [-0.2, 0) is 20.4 Å². The zero-order valence-electron chi connectivity index (χ0n) is 7.86. The smallest absolute Gasteiger partial charge is 0.327 e. The molecule has 0 bridgehead atoms. The van der Waals surface area contributed by atoms with Crippen LogP contribution in [0.15, 0.2) is 0 Å². The van der Waals surface area contributed by atoms with E-state index >= 15 is 0 Å². The van der Waals surface area contributed by atoms with Gasteiger partial charge in [0, 0.05) is 23.0 Å². The summed E-state index contributed by atoms with van der Waals surface area (Å²) in [6, 6.07) is -1.02. The van der Waals surface area contributed by atoms with E-state index in [1.807, 2.05) is 0 Å². The Balaban J connectivity index is 2.45. The lowest BCUT2D eigenvalue weighted by molar-refractivity contribution is -0.140. The average molecular weight is 219 g/mol. The largest absolute Gasteiger partial charge is 0.480 e. The van der Waals surface area contributed by atoms with Crippen LogP contribution in [0.4, 0.5) is 0 Å². The summed E-state index contributed by atoms with van der Waals surface area (Å²) in [5.74, 6) is -1.53. The number of carbonyl (C=O) groups is 2. The highest BCUT2D eigenvalue weighted by Gasteiger charge is 2.32. The number of carbonyl (C=O) groups excluding carboxylic acids is 1. The van der Waals surface area contributed by atoms with Gasteiger partial charge in [-0.3, -0.25) is 9.00 Å². The van der Waals surface area contributed by atoms with Crippen molar-refractivity contribution in [2.75, 3.05) is 5.75 Å². The Bertz CT molecular complexity index is 275. The van der Waals surface area contributed by atoms with Crippen LogP contribution in [0, 0.1) is 0 Å². The molecule has 0 heterocycles. The van der Waals surface area contributed by atoms with Crippen molar-refractivity contribution in [1.82, 2.24) is 5.32 Å². The van der Waals surface area contributed by atoms with E-state index in [9.17, 15) is 13.8 Å². The summed E-state index contributed by atoms with van der Waals surface area (Å²) in [6.07, 6.45) is 1.80. The highest BCUT2D eigenvalue weighted by Crippen LogP contribution is 2.26. The molecule has 0 spiro atoms. The molecule has 1 saturated carbocycles. The van der Waals surface area contributed by atoms with Crippen LogP contribution < -0.4 is 5.32 Å². The molecule has 1 aliphatic rings. The van der Waals surface area contributed by atoms with E-state index in [4.69, 9.17) is 5.11 Å². The Kier molecular flexibility index (Phi) is 3.62. The molecule has 1 aliphatic carbocycles. The Hall–Kier alpha value is -0.910. The molecule has 0 aromatic heterocycles. The van der Waals surface area contributed by atoms with Gasteiger partial charge in [-0.1, -0.05) is 0 Å².